The van der Waals surface area contributed by atoms with Crippen molar-refractivity contribution >= 4 is 19.8 Å². The fourth-order valence-corrected chi connectivity index (χ4v) is 7.56. The average Bonchev–Trinajstić information content (AvgIpc) is 3.47. The number of aliphatic hydroxyl groups is 3. The van der Waals surface area contributed by atoms with Crippen LogP contribution in [0, 0.1) is 11.8 Å². The van der Waals surface area contributed by atoms with Gasteiger partial charge in [-0.15, -0.1) is 0 Å². The third kappa shape index (κ3) is 32.0. The molecule has 0 aromatic carbocycles. The molecule has 1 fully saturated rings. The second kappa shape index (κ2) is 35.0. The lowest BCUT2D eigenvalue weighted by atomic mass is 9.89. The molecule has 1 rings (SSSR count). The average molecular weight is 882 g/mol. The van der Waals surface area contributed by atoms with Gasteiger partial charge in [-0.2, -0.15) is 0 Å². The largest absolute Gasteiger partial charge is 0.756 e. The van der Waals surface area contributed by atoms with Crippen molar-refractivity contribution in [1.82, 2.24) is 0 Å². The highest BCUT2D eigenvalue weighted by Crippen LogP contribution is 2.38. The third-order valence-electron chi connectivity index (χ3n) is 10.6. The fourth-order valence-electron chi connectivity index (χ4n) is 6.83. The van der Waals surface area contributed by atoms with Gasteiger partial charge >= 0.3 is 11.9 Å². The van der Waals surface area contributed by atoms with Crippen LogP contribution in [0.1, 0.15) is 149 Å². The van der Waals surface area contributed by atoms with E-state index in [1.54, 1.807) is 6.08 Å². The van der Waals surface area contributed by atoms with Crippen molar-refractivity contribution in [2.24, 2.45) is 11.8 Å². The molecule has 0 spiro atoms. The molecule has 0 heterocycles. The van der Waals surface area contributed by atoms with Gasteiger partial charge in [0.25, 0.3) is 7.82 Å². The number of hydrogen-bond acceptors (Lipinski definition) is 11. The second-order valence-electron chi connectivity index (χ2n) is 17.4. The van der Waals surface area contributed by atoms with Crippen LogP contribution in [-0.4, -0.2) is 104 Å². The first-order valence-electron chi connectivity index (χ1n) is 23.3. The van der Waals surface area contributed by atoms with Crippen molar-refractivity contribution < 1.29 is 57.4 Å². The number of hydrogen-bond donors (Lipinski definition) is 3. The van der Waals surface area contributed by atoms with Crippen LogP contribution < -0.4 is 4.89 Å². The summed E-state index contributed by atoms with van der Waals surface area (Å²) in [5, 5.41) is 31.4. The van der Waals surface area contributed by atoms with Crippen molar-refractivity contribution in [3.63, 3.8) is 0 Å². The Hall–Kier alpha value is -2.41. The van der Waals surface area contributed by atoms with E-state index in [1.807, 2.05) is 39.4 Å². The lowest BCUT2D eigenvalue weighted by Crippen LogP contribution is -2.37. The van der Waals surface area contributed by atoms with Gasteiger partial charge in [0.05, 0.1) is 46.1 Å². The minimum atomic E-state index is -4.70. The minimum absolute atomic E-state index is 0.0771. The lowest BCUT2D eigenvalue weighted by molar-refractivity contribution is -0.870. The number of phosphoric ester groups is 1. The Balaban J connectivity index is 2.51. The van der Waals surface area contributed by atoms with Gasteiger partial charge in [-0.05, 0) is 76.5 Å². The standard InChI is InChI=1S/C48H84NO11P/c1-6-8-10-11-12-13-14-15-16-17-18-19-20-21-22-23-29-33-48(54)60-42(40-59-61(55,56)58-37-36-49(3,4)5)39-57-47(53)32-28-25-24-27-31-43-44(46(52)38-45(43)51)35-34-41(50)30-26-9-7-2/h12-13,15-16,18-19,24,27,34-35,41-46,50-52H,6-11,14,17,20-23,25-26,28-33,36-40H2,1-5H3/b13-12-,16-15-,19-18-,27-24+,35-34+/t41-,42+,43+,44+,45-,46+/m0/s1. The molecule has 0 bridgehead atoms. The van der Waals surface area contributed by atoms with Crippen LogP contribution >= 0.6 is 7.82 Å². The van der Waals surface area contributed by atoms with Crippen LogP contribution in [0.2, 0.25) is 0 Å². The number of esters is 2. The van der Waals surface area contributed by atoms with E-state index in [1.165, 1.54) is 19.3 Å². The van der Waals surface area contributed by atoms with E-state index in [2.05, 4.69) is 50.3 Å². The van der Waals surface area contributed by atoms with Crippen LogP contribution in [-0.2, 0) is 32.7 Å². The van der Waals surface area contributed by atoms with E-state index >= 15 is 0 Å². The van der Waals surface area contributed by atoms with Gasteiger partial charge in [0.15, 0.2) is 6.10 Å². The second-order valence-corrected chi connectivity index (χ2v) is 18.8. The number of allylic oxidation sites excluding steroid dienone is 8. The monoisotopic (exact) mass is 882 g/mol. The third-order valence-corrected chi connectivity index (χ3v) is 11.5. The van der Waals surface area contributed by atoms with Gasteiger partial charge in [0.1, 0.15) is 19.8 Å². The fraction of sp³-hybridized carbons (Fsp3) is 0.750. The first-order valence-corrected chi connectivity index (χ1v) is 24.7. The smallest absolute Gasteiger partial charge is 0.306 e. The summed E-state index contributed by atoms with van der Waals surface area (Å²) >= 11 is 0. The molecule has 0 radical (unpaired) electrons. The summed E-state index contributed by atoms with van der Waals surface area (Å²) in [6.07, 6.45) is 34.8. The van der Waals surface area contributed by atoms with Gasteiger partial charge in [-0.3, -0.25) is 14.2 Å². The van der Waals surface area contributed by atoms with Gasteiger partial charge < -0.3 is 43.2 Å². The van der Waals surface area contributed by atoms with Crippen molar-refractivity contribution in [1.29, 1.82) is 0 Å². The normalized spacial score (nSPS) is 20.7. The molecular formula is C48H84NO11P. The minimum Gasteiger partial charge on any atom is -0.756 e. The Kier molecular flexibility index (Phi) is 32.5. The Labute approximate surface area is 369 Å². The predicted molar refractivity (Wildman–Crippen MR) is 242 cm³/mol. The highest BCUT2D eigenvalue weighted by Gasteiger charge is 2.39. The quantitative estimate of drug-likeness (QED) is 0.0179. The van der Waals surface area contributed by atoms with E-state index in [0.717, 1.165) is 64.2 Å². The molecule has 3 N–H and O–H groups in total. The molecule has 0 aromatic heterocycles. The highest BCUT2D eigenvalue weighted by molar-refractivity contribution is 7.45. The first-order chi connectivity index (χ1) is 29.2. The maximum atomic E-state index is 12.7. The molecule has 12 nitrogen and oxygen atoms in total. The maximum Gasteiger partial charge on any atom is 0.306 e. The van der Waals surface area contributed by atoms with Crippen LogP contribution in [0.25, 0.3) is 0 Å². The Morgan fingerprint density at radius 1 is 0.738 bits per heavy atom. The Morgan fingerprint density at radius 2 is 1.33 bits per heavy atom. The summed E-state index contributed by atoms with van der Waals surface area (Å²) < 4.78 is 33.9. The van der Waals surface area contributed by atoms with Gasteiger partial charge in [-0.25, -0.2) is 0 Å². The summed E-state index contributed by atoms with van der Waals surface area (Å²) in [4.78, 5) is 37.8. The molecule has 1 aliphatic rings. The first kappa shape index (κ1) is 56.6. The molecule has 1 aliphatic carbocycles. The molecule has 0 amide bonds. The highest BCUT2D eigenvalue weighted by atomic mass is 31.2. The summed E-state index contributed by atoms with van der Waals surface area (Å²) in [5.74, 6) is -1.47. The van der Waals surface area contributed by atoms with E-state index in [9.17, 15) is 34.4 Å². The summed E-state index contributed by atoms with van der Waals surface area (Å²) in [6, 6.07) is 0. The molecule has 0 aliphatic heterocycles. The predicted octanol–water partition coefficient (Wildman–Crippen LogP) is 8.99. The summed E-state index contributed by atoms with van der Waals surface area (Å²) in [5.41, 5.74) is 0. The number of carbonyl (C=O) groups is 2. The molecule has 1 unspecified atom stereocenters. The maximum absolute atomic E-state index is 12.7. The topological polar surface area (TPSA) is 172 Å². The number of unbranched alkanes of at least 4 members (excludes halogenated alkanes) is 10. The number of carbonyl (C=O) groups excluding carboxylic acids is 2. The zero-order valence-electron chi connectivity index (χ0n) is 38.4. The van der Waals surface area contributed by atoms with E-state index in [0.29, 0.717) is 43.1 Å². The van der Waals surface area contributed by atoms with E-state index in [4.69, 9.17) is 18.5 Å². The SMILES string of the molecule is CCCCC/C=C\C/C=C\C/C=C\CCCCCCC(=O)O[C@H](COC(=O)CCC/C=C/C[C@@H]1[C@@H](/C=C/[C@@H](O)CCCCC)[C@H](O)C[C@@H]1O)COP(=O)([O-])OCC[N+](C)(C)C. The number of aliphatic hydroxyl groups excluding tert-OH is 3. The summed E-state index contributed by atoms with van der Waals surface area (Å²) in [7, 11) is 1.01. The van der Waals surface area contributed by atoms with Gasteiger partial charge in [-0.1, -0.05) is 120 Å². The number of nitrogens with zero attached hydrogens (tertiary/aromatic N) is 1. The number of ether oxygens (including phenoxy) is 2. The number of rotatable bonds is 37. The Bertz CT molecular complexity index is 1340. The number of quaternary nitrogens is 1. The summed E-state index contributed by atoms with van der Waals surface area (Å²) in [6.45, 7) is 3.78. The molecule has 0 aromatic rings. The molecule has 1 saturated carbocycles. The zero-order chi connectivity index (χ0) is 45.2. The van der Waals surface area contributed by atoms with Crippen LogP contribution in [0.4, 0.5) is 0 Å². The van der Waals surface area contributed by atoms with Gasteiger partial charge in [0, 0.05) is 25.2 Å². The molecule has 0 saturated heterocycles. The zero-order valence-corrected chi connectivity index (χ0v) is 39.3. The van der Waals surface area contributed by atoms with Crippen LogP contribution in [0.5, 0.6) is 0 Å². The Morgan fingerprint density at radius 3 is 2.00 bits per heavy atom. The van der Waals surface area contributed by atoms with E-state index < -0.39 is 50.8 Å². The molecular weight excluding hydrogens is 797 g/mol. The number of likely N-dealkylation sites (N-methyl/N-ethyl adjacent to an activating group) is 1. The number of phosphoric acid groups is 1. The van der Waals surface area contributed by atoms with Crippen LogP contribution in [0.3, 0.4) is 0 Å². The molecule has 61 heavy (non-hydrogen) atoms. The van der Waals surface area contributed by atoms with Crippen molar-refractivity contribution in [2.75, 3.05) is 47.5 Å². The van der Waals surface area contributed by atoms with Gasteiger partial charge in [0.2, 0.25) is 0 Å². The van der Waals surface area contributed by atoms with Crippen molar-refractivity contribution in [3.05, 3.63) is 60.8 Å². The van der Waals surface area contributed by atoms with Crippen molar-refractivity contribution in [2.45, 2.75) is 173 Å². The molecule has 7 atom stereocenters. The molecule has 13 heteroatoms. The van der Waals surface area contributed by atoms with E-state index in [-0.39, 0.29) is 44.3 Å². The molecule has 352 valence electrons. The van der Waals surface area contributed by atoms with Crippen LogP contribution in [0.15, 0.2) is 60.8 Å². The lowest BCUT2D eigenvalue weighted by Gasteiger charge is -2.28. The van der Waals surface area contributed by atoms with Crippen molar-refractivity contribution in [3.8, 4) is 0 Å².